The molecule has 0 saturated carbocycles. The van der Waals surface area contributed by atoms with Gasteiger partial charge < -0.3 is 14.7 Å². The summed E-state index contributed by atoms with van der Waals surface area (Å²) in [5.41, 5.74) is 6.86. The number of anilines is 1. The van der Waals surface area contributed by atoms with Gasteiger partial charge in [0.25, 0.3) is 5.91 Å². The minimum atomic E-state index is 0.0567. The molecule has 2 fully saturated rings. The first-order valence-corrected chi connectivity index (χ1v) is 11.8. The van der Waals surface area contributed by atoms with Crippen LogP contribution in [0.3, 0.4) is 0 Å². The fraction of sp³-hybridized carbons (Fsp3) is 0.417. The van der Waals surface area contributed by atoms with Gasteiger partial charge in [0.05, 0.1) is 18.4 Å². The number of thiophene rings is 1. The van der Waals surface area contributed by atoms with E-state index < -0.39 is 0 Å². The van der Waals surface area contributed by atoms with Crippen molar-refractivity contribution in [1.82, 2.24) is 19.2 Å². The summed E-state index contributed by atoms with van der Waals surface area (Å²) >= 11 is 1.74. The molecular weight excluding hydrogens is 406 g/mol. The van der Waals surface area contributed by atoms with Crippen LogP contribution in [0.4, 0.5) is 5.69 Å². The molecule has 0 radical (unpaired) electrons. The van der Waals surface area contributed by atoms with Gasteiger partial charge in [-0.2, -0.15) is 0 Å². The third-order valence-electron chi connectivity index (χ3n) is 7.03. The quantitative estimate of drug-likeness (QED) is 0.635. The second-order valence-electron chi connectivity index (χ2n) is 9.60. The lowest BCUT2D eigenvalue weighted by molar-refractivity contribution is -0.00242. The van der Waals surface area contributed by atoms with Crippen molar-refractivity contribution in [2.75, 3.05) is 44.7 Å². The van der Waals surface area contributed by atoms with E-state index in [9.17, 15) is 4.79 Å². The van der Waals surface area contributed by atoms with Gasteiger partial charge in [0.15, 0.2) is 0 Å². The van der Waals surface area contributed by atoms with E-state index in [2.05, 4.69) is 53.0 Å². The van der Waals surface area contributed by atoms with Crippen LogP contribution >= 0.6 is 11.3 Å². The fourth-order valence-electron chi connectivity index (χ4n) is 5.58. The Labute approximate surface area is 186 Å². The number of carbonyl (C=O) groups is 1. The Morgan fingerprint density at radius 2 is 2.03 bits per heavy atom. The zero-order chi connectivity index (χ0) is 21.3. The van der Waals surface area contributed by atoms with Crippen molar-refractivity contribution in [2.45, 2.75) is 19.9 Å². The van der Waals surface area contributed by atoms with E-state index in [1.54, 1.807) is 17.5 Å². The van der Waals surface area contributed by atoms with Gasteiger partial charge in [-0.25, -0.2) is 4.98 Å². The molecule has 0 aromatic carbocycles. The number of allylic oxidation sites excluding steroid dienone is 1. The Kier molecular flexibility index (Phi) is 4.11. The van der Waals surface area contributed by atoms with Crippen molar-refractivity contribution in [1.29, 1.82) is 0 Å². The average molecular weight is 434 g/mol. The first-order valence-electron chi connectivity index (χ1n) is 10.9. The summed E-state index contributed by atoms with van der Waals surface area (Å²) in [6, 6.07) is 4.15. The number of rotatable bonds is 3. The Balaban J connectivity index is 1.24. The van der Waals surface area contributed by atoms with E-state index in [0.717, 1.165) is 37.3 Å². The number of nitrogens with zero attached hydrogens (tertiary/aromatic N) is 5. The van der Waals surface area contributed by atoms with Crippen LogP contribution in [-0.4, -0.2) is 64.9 Å². The summed E-state index contributed by atoms with van der Waals surface area (Å²) in [6.07, 6.45) is 4.70. The number of hydrogen-bond donors (Lipinski definition) is 0. The van der Waals surface area contributed by atoms with Crippen LogP contribution in [0.5, 0.6) is 0 Å². The molecule has 3 aromatic heterocycles. The highest BCUT2D eigenvalue weighted by molar-refractivity contribution is 7.10. The van der Waals surface area contributed by atoms with Gasteiger partial charge in [-0.15, -0.1) is 11.3 Å². The van der Waals surface area contributed by atoms with E-state index in [1.165, 1.54) is 34.8 Å². The molecule has 1 amide bonds. The van der Waals surface area contributed by atoms with Crippen LogP contribution in [0.2, 0.25) is 0 Å². The number of amides is 1. The normalized spacial score (nSPS) is 19.9. The third kappa shape index (κ3) is 2.94. The molecule has 1 spiro atoms. The molecule has 0 bridgehead atoms. The molecule has 0 aliphatic carbocycles. The zero-order valence-electron chi connectivity index (χ0n) is 18.1. The van der Waals surface area contributed by atoms with E-state index >= 15 is 0 Å². The molecule has 160 valence electrons. The predicted octanol–water partition coefficient (Wildman–Crippen LogP) is 3.38. The number of hydrogen-bond acceptors (Lipinski definition) is 5. The topological polar surface area (TPSA) is 44.1 Å². The number of carbonyl (C=O) groups excluding carboxylic acids is 1. The lowest BCUT2D eigenvalue weighted by Gasteiger charge is -2.60. The van der Waals surface area contributed by atoms with Gasteiger partial charge in [-0.3, -0.25) is 9.20 Å². The number of imidazole rings is 1. The minimum Gasteiger partial charge on any atom is -0.369 e. The summed E-state index contributed by atoms with van der Waals surface area (Å²) in [6.45, 7) is 12.1. The van der Waals surface area contributed by atoms with Crippen LogP contribution in [0.1, 0.15) is 33.4 Å². The van der Waals surface area contributed by atoms with Gasteiger partial charge in [-0.1, -0.05) is 6.58 Å². The van der Waals surface area contributed by atoms with Gasteiger partial charge in [0.1, 0.15) is 11.3 Å². The van der Waals surface area contributed by atoms with Crippen LogP contribution < -0.4 is 4.90 Å². The van der Waals surface area contributed by atoms with Crippen molar-refractivity contribution in [2.24, 2.45) is 5.41 Å². The van der Waals surface area contributed by atoms with Gasteiger partial charge in [0, 0.05) is 49.2 Å². The first kappa shape index (κ1) is 19.1. The highest BCUT2D eigenvalue weighted by Gasteiger charge is 2.50. The Morgan fingerprint density at radius 3 is 2.77 bits per heavy atom. The molecule has 31 heavy (non-hydrogen) atoms. The standard InChI is InChI=1S/C24H27N5OS/c1-16(2)19-11-31-21-10-27(7-6-18(19)21)23(30)20-8-25-22-5-4-17(9-29(20)22)28-14-24(15-28)12-26(3)13-24/h4-5,8-9,11H,1,6-7,10,12-15H2,2-3H3. The largest absolute Gasteiger partial charge is 0.369 e. The number of pyridine rings is 1. The highest BCUT2D eigenvalue weighted by atomic mass is 32.1. The molecule has 0 unspecified atom stereocenters. The van der Waals surface area contributed by atoms with Gasteiger partial charge >= 0.3 is 0 Å². The maximum absolute atomic E-state index is 13.4. The molecule has 0 atom stereocenters. The average Bonchev–Trinajstić information content (AvgIpc) is 3.32. The first-order chi connectivity index (χ1) is 14.9. The molecule has 0 N–H and O–H groups in total. The lowest BCUT2D eigenvalue weighted by atomic mass is 9.73. The van der Waals surface area contributed by atoms with Gasteiger partial charge in [-0.05, 0) is 54.6 Å². The van der Waals surface area contributed by atoms with Crippen molar-refractivity contribution in [3.63, 3.8) is 0 Å². The smallest absolute Gasteiger partial charge is 0.272 e. The minimum absolute atomic E-state index is 0.0567. The highest BCUT2D eigenvalue weighted by Crippen LogP contribution is 2.41. The molecule has 2 saturated heterocycles. The lowest BCUT2D eigenvalue weighted by Crippen LogP contribution is -2.71. The van der Waals surface area contributed by atoms with E-state index in [4.69, 9.17) is 0 Å². The second-order valence-corrected chi connectivity index (χ2v) is 10.6. The Bertz CT molecular complexity index is 1210. The van der Waals surface area contributed by atoms with Crippen LogP contribution in [0, 0.1) is 5.41 Å². The van der Waals surface area contributed by atoms with E-state index in [-0.39, 0.29) is 5.91 Å². The van der Waals surface area contributed by atoms with Crippen LogP contribution in [-0.2, 0) is 13.0 Å². The predicted molar refractivity (Wildman–Crippen MR) is 125 cm³/mol. The molecule has 3 aliphatic rings. The number of aromatic nitrogens is 2. The molecule has 3 aliphatic heterocycles. The van der Waals surface area contributed by atoms with Crippen molar-refractivity contribution >= 4 is 34.2 Å². The maximum Gasteiger partial charge on any atom is 0.272 e. The SMILES string of the molecule is C=C(C)c1csc2c1CCN(C(=O)c1cnc3ccc(N4CC5(CN(C)C5)C4)cn13)C2. The molecule has 6 nitrogen and oxygen atoms in total. The second kappa shape index (κ2) is 6.68. The molecule has 6 rings (SSSR count). The van der Waals surface area contributed by atoms with Gasteiger partial charge in [0.2, 0.25) is 0 Å². The van der Waals surface area contributed by atoms with Crippen LogP contribution in [0.15, 0.2) is 36.5 Å². The van der Waals surface area contributed by atoms with Crippen LogP contribution in [0.25, 0.3) is 11.2 Å². The monoisotopic (exact) mass is 433 g/mol. The number of fused-ring (bicyclic) bond motifs is 2. The summed E-state index contributed by atoms with van der Waals surface area (Å²) in [5, 5.41) is 2.18. The molecule has 3 aromatic rings. The Hall–Kier alpha value is -2.64. The summed E-state index contributed by atoms with van der Waals surface area (Å²) in [7, 11) is 2.18. The summed E-state index contributed by atoms with van der Waals surface area (Å²) in [5.74, 6) is 0.0567. The van der Waals surface area contributed by atoms with E-state index in [0.29, 0.717) is 17.7 Å². The van der Waals surface area contributed by atoms with Crippen molar-refractivity contribution in [3.8, 4) is 0 Å². The van der Waals surface area contributed by atoms with Crippen molar-refractivity contribution in [3.05, 3.63) is 58.2 Å². The molecule has 6 heterocycles. The third-order valence-corrected chi connectivity index (χ3v) is 8.04. The molecule has 7 heteroatoms. The number of likely N-dealkylation sites (tertiary alicyclic amines) is 1. The van der Waals surface area contributed by atoms with E-state index in [1.807, 2.05) is 15.4 Å². The Morgan fingerprint density at radius 1 is 1.23 bits per heavy atom. The van der Waals surface area contributed by atoms with Crippen molar-refractivity contribution < 1.29 is 4.79 Å². The summed E-state index contributed by atoms with van der Waals surface area (Å²) in [4.78, 5) is 25.9. The fourth-order valence-corrected chi connectivity index (χ4v) is 6.77. The zero-order valence-corrected chi connectivity index (χ0v) is 18.9. The maximum atomic E-state index is 13.4. The molecular formula is C24H27N5OS. The summed E-state index contributed by atoms with van der Waals surface area (Å²) < 4.78 is 1.97.